The molecular weight excluding hydrogens is 236 g/mol. The largest absolute Gasteiger partial charge is 0.317 e. The van der Waals surface area contributed by atoms with Crippen LogP contribution < -0.4 is 10.0 Å². The minimum Gasteiger partial charge on any atom is -0.317 e. The van der Waals surface area contributed by atoms with Gasteiger partial charge in [0.1, 0.15) is 0 Å². The van der Waals surface area contributed by atoms with Crippen LogP contribution in [0.2, 0.25) is 0 Å². The van der Waals surface area contributed by atoms with Gasteiger partial charge in [-0.05, 0) is 32.4 Å². The molecule has 0 radical (unpaired) electrons. The van der Waals surface area contributed by atoms with Gasteiger partial charge in [0.15, 0.2) is 0 Å². The maximum atomic E-state index is 11.6. The zero-order chi connectivity index (χ0) is 13.0. The molecule has 0 aromatic rings. The molecule has 0 rings (SSSR count). The van der Waals surface area contributed by atoms with Gasteiger partial charge in [0.25, 0.3) is 0 Å². The Balaban J connectivity index is 3.46. The summed E-state index contributed by atoms with van der Waals surface area (Å²) in [5, 5.41) is 3.20. The van der Waals surface area contributed by atoms with Gasteiger partial charge in [0.05, 0.1) is 5.75 Å². The Bertz CT molecular complexity index is 233. The summed E-state index contributed by atoms with van der Waals surface area (Å²) in [5.41, 5.74) is 0. The van der Waals surface area contributed by atoms with Crippen molar-refractivity contribution in [2.24, 2.45) is 0 Å². The third-order valence-electron chi connectivity index (χ3n) is 2.55. The van der Waals surface area contributed by atoms with E-state index in [2.05, 4.69) is 23.9 Å². The van der Waals surface area contributed by atoms with Gasteiger partial charge >= 0.3 is 0 Å². The number of rotatable bonds is 12. The number of nitrogens with one attached hydrogen (secondary N) is 2. The van der Waals surface area contributed by atoms with E-state index in [0.717, 1.165) is 32.4 Å². The fourth-order valence-electron chi connectivity index (χ4n) is 1.54. The summed E-state index contributed by atoms with van der Waals surface area (Å²) in [6.45, 7) is 6.58. The lowest BCUT2D eigenvalue weighted by Gasteiger charge is -2.07. The zero-order valence-electron chi connectivity index (χ0n) is 11.3. The first-order valence-electron chi connectivity index (χ1n) is 6.80. The van der Waals surface area contributed by atoms with Gasteiger partial charge in [0.2, 0.25) is 10.0 Å². The van der Waals surface area contributed by atoms with E-state index in [4.69, 9.17) is 0 Å². The average molecular weight is 264 g/mol. The molecule has 0 aliphatic heterocycles. The molecule has 104 valence electrons. The van der Waals surface area contributed by atoms with Gasteiger partial charge in [-0.15, -0.1) is 0 Å². The molecule has 0 unspecified atom stereocenters. The second-order valence-corrected chi connectivity index (χ2v) is 6.30. The lowest BCUT2D eigenvalue weighted by molar-refractivity contribution is 0.567. The van der Waals surface area contributed by atoms with Crippen molar-refractivity contribution in [2.45, 2.75) is 52.4 Å². The molecule has 4 nitrogen and oxygen atoms in total. The number of sulfonamides is 1. The molecule has 0 saturated carbocycles. The van der Waals surface area contributed by atoms with Crippen molar-refractivity contribution < 1.29 is 8.42 Å². The maximum absolute atomic E-state index is 11.6. The molecule has 0 saturated heterocycles. The van der Waals surface area contributed by atoms with Crippen LogP contribution in [0.3, 0.4) is 0 Å². The number of hydrogen-bond donors (Lipinski definition) is 2. The molecule has 0 aromatic heterocycles. The summed E-state index contributed by atoms with van der Waals surface area (Å²) in [4.78, 5) is 0. The van der Waals surface area contributed by atoms with Crippen LogP contribution >= 0.6 is 0 Å². The summed E-state index contributed by atoms with van der Waals surface area (Å²) < 4.78 is 25.8. The fourth-order valence-corrected chi connectivity index (χ4v) is 2.66. The second-order valence-electron chi connectivity index (χ2n) is 4.38. The van der Waals surface area contributed by atoms with Crippen LogP contribution in [0.25, 0.3) is 0 Å². The minimum atomic E-state index is -3.05. The van der Waals surface area contributed by atoms with Crippen molar-refractivity contribution in [3.05, 3.63) is 0 Å². The molecule has 0 heterocycles. The molecule has 0 aliphatic carbocycles. The highest BCUT2D eigenvalue weighted by molar-refractivity contribution is 7.89. The molecule has 0 aromatic carbocycles. The number of unbranched alkanes of at least 4 members (excludes halogenated alkanes) is 3. The van der Waals surface area contributed by atoms with Gasteiger partial charge in [-0.2, -0.15) is 0 Å². The predicted octanol–water partition coefficient (Wildman–Crippen LogP) is 1.88. The van der Waals surface area contributed by atoms with Crippen LogP contribution in [-0.4, -0.2) is 33.8 Å². The average Bonchev–Trinajstić information content (AvgIpc) is 2.28. The standard InChI is InChI=1S/C12H28N2O2S/c1-3-5-6-7-11-14-17(15,16)12-8-10-13-9-4-2/h13-14H,3-12H2,1-2H3. The topological polar surface area (TPSA) is 58.2 Å². The van der Waals surface area contributed by atoms with Gasteiger partial charge in [-0.3, -0.25) is 0 Å². The normalized spacial score (nSPS) is 11.9. The van der Waals surface area contributed by atoms with E-state index < -0.39 is 10.0 Å². The maximum Gasteiger partial charge on any atom is 0.211 e. The van der Waals surface area contributed by atoms with Crippen molar-refractivity contribution in [1.29, 1.82) is 0 Å². The predicted molar refractivity (Wildman–Crippen MR) is 73.7 cm³/mol. The minimum absolute atomic E-state index is 0.234. The second kappa shape index (κ2) is 11.0. The van der Waals surface area contributed by atoms with E-state index >= 15 is 0 Å². The summed E-state index contributed by atoms with van der Waals surface area (Å²) in [7, 11) is -3.05. The van der Waals surface area contributed by atoms with Crippen molar-refractivity contribution in [1.82, 2.24) is 10.0 Å². The van der Waals surface area contributed by atoms with E-state index in [0.29, 0.717) is 13.0 Å². The van der Waals surface area contributed by atoms with E-state index in [1.54, 1.807) is 0 Å². The van der Waals surface area contributed by atoms with Crippen LogP contribution in [0.15, 0.2) is 0 Å². The Morgan fingerprint density at radius 1 is 0.824 bits per heavy atom. The lowest BCUT2D eigenvalue weighted by atomic mass is 10.2. The van der Waals surface area contributed by atoms with Crippen LogP contribution in [0.4, 0.5) is 0 Å². The van der Waals surface area contributed by atoms with Gasteiger partial charge in [-0.25, -0.2) is 13.1 Å². The van der Waals surface area contributed by atoms with Crippen molar-refractivity contribution in [2.75, 3.05) is 25.4 Å². The van der Waals surface area contributed by atoms with Crippen molar-refractivity contribution in [3.8, 4) is 0 Å². The summed E-state index contributed by atoms with van der Waals surface area (Å²) in [6, 6.07) is 0. The highest BCUT2D eigenvalue weighted by Gasteiger charge is 2.08. The Kier molecular flexibility index (Phi) is 10.9. The molecule has 0 aliphatic rings. The van der Waals surface area contributed by atoms with Crippen LogP contribution in [0.1, 0.15) is 52.4 Å². The SMILES string of the molecule is CCCCCCNS(=O)(=O)CCCNCCC. The van der Waals surface area contributed by atoms with Gasteiger partial charge < -0.3 is 5.32 Å². The fraction of sp³-hybridized carbons (Fsp3) is 1.00. The Morgan fingerprint density at radius 3 is 2.24 bits per heavy atom. The van der Waals surface area contributed by atoms with Crippen LogP contribution in [-0.2, 0) is 10.0 Å². The first kappa shape index (κ1) is 16.9. The highest BCUT2D eigenvalue weighted by atomic mass is 32.2. The molecule has 0 atom stereocenters. The van der Waals surface area contributed by atoms with Gasteiger partial charge in [-0.1, -0.05) is 33.1 Å². The first-order valence-corrected chi connectivity index (χ1v) is 8.45. The molecule has 5 heteroatoms. The third kappa shape index (κ3) is 12.1. The molecular formula is C12H28N2O2S. The third-order valence-corrected chi connectivity index (χ3v) is 4.02. The monoisotopic (exact) mass is 264 g/mol. The summed E-state index contributed by atoms with van der Waals surface area (Å²) in [6.07, 6.45) is 6.18. The Morgan fingerprint density at radius 2 is 1.59 bits per heavy atom. The van der Waals surface area contributed by atoms with E-state index in [-0.39, 0.29) is 5.75 Å². The summed E-state index contributed by atoms with van der Waals surface area (Å²) >= 11 is 0. The molecule has 0 bridgehead atoms. The first-order chi connectivity index (χ1) is 8.12. The molecule has 2 N–H and O–H groups in total. The van der Waals surface area contributed by atoms with Gasteiger partial charge in [0, 0.05) is 6.54 Å². The van der Waals surface area contributed by atoms with Crippen LogP contribution in [0.5, 0.6) is 0 Å². The van der Waals surface area contributed by atoms with E-state index in [9.17, 15) is 8.42 Å². The van der Waals surface area contributed by atoms with Crippen LogP contribution in [0, 0.1) is 0 Å². The van der Waals surface area contributed by atoms with E-state index in [1.165, 1.54) is 12.8 Å². The molecule has 0 fully saturated rings. The summed E-state index contributed by atoms with van der Waals surface area (Å²) in [5.74, 6) is 0.234. The Labute approximate surface area is 107 Å². The van der Waals surface area contributed by atoms with E-state index in [1.807, 2.05) is 0 Å². The van der Waals surface area contributed by atoms with Crippen molar-refractivity contribution >= 4 is 10.0 Å². The lowest BCUT2D eigenvalue weighted by Crippen LogP contribution is -2.29. The smallest absolute Gasteiger partial charge is 0.211 e. The molecule has 17 heavy (non-hydrogen) atoms. The van der Waals surface area contributed by atoms with Crippen molar-refractivity contribution in [3.63, 3.8) is 0 Å². The Hall–Kier alpha value is -0.130. The zero-order valence-corrected chi connectivity index (χ0v) is 12.1. The molecule has 0 spiro atoms. The highest BCUT2D eigenvalue weighted by Crippen LogP contribution is 1.98. The quantitative estimate of drug-likeness (QED) is 0.529. The molecule has 0 amide bonds. The number of hydrogen-bond acceptors (Lipinski definition) is 3.